The summed E-state index contributed by atoms with van der Waals surface area (Å²) in [6.07, 6.45) is 0. The van der Waals surface area contributed by atoms with Gasteiger partial charge in [0.1, 0.15) is 11.5 Å². The molecule has 0 saturated carbocycles. The molecule has 1 aromatic heterocycles. The van der Waals surface area contributed by atoms with Crippen LogP contribution in [0.25, 0.3) is 0 Å². The van der Waals surface area contributed by atoms with Crippen LogP contribution < -0.4 is 5.43 Å². The zero-order chi connectivity index (χ0) is 14.8. The molecule has 21 heavy (non-hydrogen) atoms. The zero-order valence-corrected chi connectivity index (χ0v) is 12.6. The summed E-state index contributed by atoms with van der Waals surface area (Å²) in [5.74, 6) is 0.373. The fraction of sp³-hybridized carbons (Fsp3) is 0.200. The lowest BCUT2D eigenvalue weighted by Crippen LogP contribution is -2.25. The van der Waals surface area contributed by atoms with Crippen molar-refractivity contribution in [2.45, 2.75) is 13.8 Å². The predicted octanol–water partition coefficient (Wildman–Crippen LogP) is 3.50. The van der Waals surface area contributed by atoms with Gasteiger partial charge >= 0.3 is 0 Å². The number of aryl methyl sites for hydroxylation is 2. The second kappa shape index (κ2) is 5.73. The summed E-state index contributed by atoms with van der Waals surface area (Å²) >= 11 is 1.52. The molecule has 0 spiro atoms. The molecule has 1 aliphatic heterocycles. The van der Waals surface area contributed by atoms with Gasteiger partial charge in [-0.15, -0.1) is 0 Å². The molecule has 4 nitrogen and oxygen atoms in total. The number of aromatic amines is 1. The predicted molar refractivity (Wildman–Crippen MR) is 85.9 cm³/mol. The van der Waals surface area contributed by atoms with Gasteiger partial charge in [-0.3, -0.25) is 5.43 Å². The van der Waals surface area contributed by atoms with Gasteiger partial charge < -0.3 is 4.98 Å². The van der Waals surface area contributed by atoms with E-state index in [1.165, 1.54) is 17.8 Å². The van der Waals surface area contributed by atoms with Crippen molar-refractivity contribution in [2.24, 2.45) is 10.1 Å². The summed E-state index contributed by atoms with van der Waals surface area (Å²) in [6, 6.07) is 8.52. The van der Waals surface area contributed by atoms with Crippen LogP contribution >= 0.6 is 11.8 Å². The molecule has 3 rings (SSSR count). The normalized spacial score (nSPS) is 16.7. The highest BCUT2D eigenvalue weighted by Crippen LogP contribution is 2.22. The number of aliphatic imine (C=N–C) groups is 1. The molecule has 0 fully saturated rings. The Morgan fingerprint density at radius 1 is 1.29 bits per heavy atom. The number of hydrogen-bond acceptors (Lipinski definition) is 3. The average Bonchev–Trinajstić information content (AvgIpc) is 2.81. The second-order valence-electron chi connectivity index (χ2n) is 4.82. The zero-order valence-electron chi connectivity index (χ0n) is 11.8. The van der Waals surface area contributed by atoms with Crippen molar-refractivity contribution in [2.75, 3.05) is 5.75 Å². The standard InChI is InChI=1S/C15H15FN4S/c1-9-7-11(10(2)17-9)14-8-21-15(20-19-14)18-13-6-4-3-5-12(13)16/h3-7,17H,8H2,1-2H3,(H,18,20). The van der Waals surface area contributed by atoms with Gasteiger partial charge in [0.25, 0.3) is 0 Å². The van der Waals surface area contributed by atoms with E-state index in [1.54, 1.807) is 18.2 Å². The molecule has 0 saturated heterocycles. The monoisotopic (exact) mass is 302 g/mol. The Bertz CT molecular complexity index is 733. The number of benzene rings is 1. The minimum Gasteiger partial charge on any atom is -0.362 e. The maximum Gasteiger partial charge on any atom is 0.182 e. The topological polar surface area (TPSA) is 52.5 Å². The van der Waals surface area contributed by atoms with E-state index in [1.807, 2.05) is 13.8 Å². The third-order valence-corrected chi connectivity index (χ3v) is 4.04. The first-order chi connectivity index (χ1) is 10.1. The number of nitrogens with one attached hydrogen (secondary N) is 2. The van der Waals surface area contributed by atoms with E-state index in [9.17, 15) is 4.39 Å². The van der Waals surface area contributed by atoms with Crippen LogP contribution in [0.15, 0.2) is 40.4 Å². The molecule has 2 heterocycles. The molecule has 0 amide bonds. The molecule has 0 bridgehead atoms. The van der Waals surface area contributed by atoms with Crippen LogP contribution in [0.3, 0.4) is 0 Å². The first kappa shape index (κ1) is 13.9. The minimum atomic E-state index is -0.334. The molecule has 108 valence electrons. The van der Waals surface area contributed by atoms with Crippen molar-refractivity contribution in [3.05, 3.63) is 53.1 Å². The van der Waals surface area contributed by atoms with Gasteiger partial charge in [-0.05, 0) is 32.0 Å². The van der Waals surface area contributed by atoms with Crippen molar-refractivity contribution in [1.82, 2.24) is 10.4 Å². The lowest BCUT2D eigenvalue weighted by molar-refractivity contribution is 0.630. The number of rotatable bonds is 2. The number of H-pyrrole nitrogens is 1. The molecule has 6 heteroatoms. The van der Waals surface area contributed by atoms with Crippen LogP contribution in [0.4, 0.5) is 10.1 Å². The summed E-state index contributed by atoms with van der Waals surface area (Å²) in [6.45, 7) is 4.05. The van der Waals surface area contributed by atoms with Crippen LogP contribution in [0.1, 0.15) is 17.0 Å². The first-order valence-corrected chi connectivity index (χ1v) is 7.57. The molecule has 2 aromatic rings. The van der Waals surface area contributed by atoms with E-state index in [4.69, 9.17) is 0 Å². The third kappa shape index (κ3) is 3.00. The number of thioether (sulfide) groups is 1. The molecule has 0 atom stereocenters. The van der Waals surface area contributed by atoms with E-state index in [0.717, 1.165) is 22.7 Å². The minimum absolute atomic E-state index is 0.319. The Balaban J connectivity index is 1.81. The van der Waals surface area contributed by atoms with E-state index in [0.29, 0.717) is 16.6 Å². The van der Waals surface area contributed by atoms with Crippen LogP contribution in [0, 0.1) is 19.7 Å². The highest BCUT2D eigenvalue weighted by molar-refractivity contribution is 8.14. The maximum atomic E-state index is 13.6. The van der Waals surface area contributed by atoms with E-state index in [2.05, 4.69) is 26.6 Å². The summed E-state index contributed by atoms with van der Waals surface area (Å²) in [5, 5.41) is 4.96. The summed E-state index contributed by atoms with van der Waals surface area (Å²) in [5.41, 5.74) is 7.51. The molecular formula is C15H15FN4S. The Morgan fingerprint density at radius 3 is 2.71 bits per heavy atom. The lowest BCUT2D eigenvalue weighted by atomic mass is 10.1. The van der Waals surface area contributed by atoms with Gasteiger partial charge in [0.15, 0.2) is 5.17 Å². The number of aromatic nitrogens is 1. The van der Waals surface area contributed by atoms with Gasteiger partial charge in [-0.2, -0.15) is 5.10 Å². The fourth-order valence-electron chi connectivity index (χ4n) is 2.19. The van der Waals surface area contributed by atoms with Crippen molar-refractivity contribution >= 4 is 28.3 Å². The number of hydrogen-bond donors (Lipinski definition) is 2. The number of hydrazone groups is 1. The summed E-state index contributed by atoms with van der Waals surface area (Å²) in [7, 11) is 0. The molecule has 1 aromatic carbocycles. The van der Waals surface area contributed by atoms with E-state index < -0.39 is 0 Å². The number of halogens is 1. The Hall–Kier alpha value is -2.08. The summed E-state index contributed by atoms with van der Waals surface area (Å²) < 4.78 is 13.6. The van der Waals surface area contributed by atoms with Crippen molar-refractivity contribution < 1.29 is 4.39 Å². The average molecular weight is 302 g/mol. The first-order valence-electron chi connectivity index (χ1n) is 6.58. The number of para-hydroxylation sites is 1. The van der Waals surface area contributed by atoms with Crippen molar-refractivity contribution in [3.63, 3.8) is 0 Å². The van der Waals surface area contributed by atoms with Crippen molar-refractivity contribution in [3.8, 4) is 0 Å². The Kier molecular flexibility index (Phi) is 3.79. The van der Waals surface area contributed by atoms with Gasteiger partial charge in [0.2, 0.25) is 0 Å². The Morgan fingerprint density at radius 2 is 2.10 bits per heavy atom. The SMILES string of the molecule is Cc1cc(C2=NNC(=Nc3ccccc3F)SC2)c(C)[nH]1. The highest BCUT2D eigenvalue weighted by Gasteiger charge is 2.16. The van der Waals surface area contributed by atoms with Crippen LogP contribution in [0.2, 0.25) is 0 Å². The third-order valence-electron chi connectivity index (χ3n) is 3.17. The lowest BCUT2D eigenvalue weighted by Gasteiger charge is -2.14. The maximum absolute atomic E-state index is 13.6. The molecule has 2 N–H and O–H groups in total. The van der Waals surface area contributed by atoms with Crippen LogP contribution in [-0.2, 0) is 0 Å². The van der Waals surface area contributed by atoms with Crippen LogP contribution in [0.5, 0.6) is 0 Å². The second-order valence-corrected chi connectivity index (χ2v) is 5.78. The molecule has 0 unspecified atom stereocenters. The largest absolute Gasteiger partial charge is 0.362 e. The Labute approximate surface area is 126 Å². The van der Waals surface area contributed by atoms with Gasteiger partial charge in [-0.25, -0.2) is 9.38 Å². The quantitative estimate of drug-likeness (QED) is 0.892. The van der Waals surface area contributed by atoms with Crippen molar-refractivity contribution in [1.29, 1.82) is 0 Å². The fourth-order valence-corrected chi connectivity index (χ4v) is 2.95. The van der Waals surface area contributed by atoms with Crippen LogP contribution in [-0.4, -0.2) is 21.6 Å². The van der Waals surface area contributed by atoms with E-state index >= 15 is 0 Å². The molecule has 0 radical (unpaired) electrons. The highest BCUT2D eigenvalue weighted by atomic mass is 32.2. The molecule has 1 aliphatic rings. The molecular weight excluding hydrogens is 287 g/mol. The van der Waals surface area contributed by atoms with Gasteiger partial charge in [0.05, 0.1) is 5.71 Å². The number of amidine groups is 1. The smallest absolute Gasteiger partial charge is 0.182 e. The van der Waals surface area contributed by atoms with Gasteiger partial charge in [0, 0.05) is 22.7 Å². The summed E-state index contributed by atoms with van der Waals surface area (Å²) in [4.78, 5) is 7.52. The molecule has 0 aliphatic carbocycles. The van der Waals surface area contributed by atoms with E-state index in [-0.39, 0.29) is 5.82 Å². The van der Waals surface area contributed by atoms with Gasteiger partial charge in [-0.1, -0.05) is 23.9 Å². The number of nitrogens with zero attached hydrogens (tertiary/aromatic N) is 2.